The summed E-state index contributed by atoms with van der Waals surface area (Å²) in [5.74, 6) is 0.553. The van der Waals surface area contributed by atoms with Crippen LogP contribution in [0, 0.1) is 5.92 Å². The van der Waals surface area contributed by atoms with E-state index in [2.05, 4.69) is 18.3 Å². The zero-order valence-corrected chi connectivity index (χ0v) is 8.92. The van der Waals surface area contributed by atoms with E-state index in [9.17, 15) is 0 Å². The highest BCUT2D eigenvalue weighted by Gasteiger charge is 2.29. The Kier molecular flexibility index (Phi) is 3.69. The molecule has 1 aliphatic carbocycles. The first kappa shape index (κ1) is 10.8. The normalized spacial score (nSPS) is 17.1. The van der Waals surface area contributed by atoms with Crippen molar-refractivity contribution < 1.29 is 4.84 Å². The maximum atomic E-state index is 4.80. The Labute approximate surface area is 85.6 Å². The summed E-state index contributed by atoms with van der Waals surface area (Å²) in [6, 6.07) is 0. The van der Waals surface area contributed by atoms with Crippen LogP contribution in [0.4, 0.5) is 0 Å². The predicted octanol–water partition coefficient (Wildman–Crippen LogP) is 3.09. The molecule has 76 valence electrons. The van der Waals surface area contributed by atoms with Crippen LogP contribution >= 0.6 is 0 Å². The molecule has 2 heteroatoms. The number of rotatable bonds is 5. The Bertz CT molecular complexity index is 295. The van der Waals surface area contributed by atoms with Crippen LogP contribution in [0.3, 0.4) is 0 Å². The van der Waals surface area contributed by atoms with Crippen molar-refractivity contribution in [2.75, 3.05) is 7.11 Å². The van der Waals surface area contributed by atoms with Crippen molar-refractivity contribution in [3.63, 3.8) is 0 Å². The first-order chi connectivity index (χ1) is 6.65. The summed E-state index contributed by atoms with van der Waals surface area (Å²) in [6.45, 7) is 9.71. The summed E-state index contributed by atoms with van der Waals surface area (Å²) in [6.07, 6.45) is 6.28. The van der Waals surface area contributed by atoms with Gasteiger partial charge in [-0.05, 0) is 25.3 Å². The number of hydrogen-bond donors (Lipinski definition) is 0. The van der Waals surface area contributed by atoms with Crippen molar-refractivity contribution in [3.8, 4) is 0 Å². The van der Waals surface area contributed by atoms with Crippen molar-refractivity contribution >= 4 is 5.71 Å². The molecule has 0 atom stereocenters. The molecule has 0 unspecified atom stereocenters. The van der Waals surface area contributed by atoms with Gasteiger partial charge in [-0.1, -0.05) is 36.0 Å². The third-order valence-electron chi connectivity index (χ3n) is 2.05. The second-order valence-electron chi connectivity index (χ2n) is 3.64. The van der Waals surface area contributed by atoms with E-state index in [4.69, 9.17) is 4.84 Å². The fourth-order valence-corrected chi connectivity index (χ4v) is 1.18. The topological polar surface area (TPSA) is 21.6 Å². The Morgan fingerprint density at radius 2 is 2.00 bits per heavy atom. The summed E-state index contributed by atoms with van der Waals surface area (Å²) in [7, 11) is 1.57. The van der Waals surface area contributed by atoms with Gasteiger partial charge in [0.05, 0.1) is 5.71 Å². The molecule has 1 fully saturated rings. The van der Waals surface area contributed by atoms with Crippen LogP contribution in [-0.4, -0.2) is 12.8 Å². The lowest BCUT2D eigenvalue weighted by molar-refractivity contribution is 0.212. The minimum Gasteiger partial charge on any atom is -0.399 e. The van der Waals surface area contributed by atoms with Gasteiger partial charge in [-0.3, -0.25) is 0 Å². The molecule has 0 aromatic carbocycles. The van der Waals surface area contributed by atoms with E-state index in [0.29, 0.717) is 5.92 Å². The van der Waals surface area contributed by atoms with Gasteiger partial charge in [0.15, 0.2) is 0 Å². The van der Waals surface area contributed by atoms with Gasteiger partial charge in [-0.2, -0.15) is 0 Å². The number of oxime groups is 1. The van der Waals surface area contributed by atoms with Gasteiger partial charge in [0.25, 0.3) is 0 Å². The highest BCUT2D eigenvalue weighted by Crippen LogP contribution is 2.33. The average molecular weight is 191 g/mol. The van der Waals surface area contributed by atoms with E-state index in [0.717, 1.165) is 16.9 Å². The largest absolute Gasteiger partial charge is 0.399 e. The van der Waals surface area contributed by atoms with E-state index in [1.807, 2.05) is 19.1 Å². The fourth-order valence-electron chi connectivity index (χ4n) is 1.18. The number of nitrogens with zero attached hydrogens (tertiary/aromatic N) is 1. The molecule has 0 N–H and O–H groups in total. The molecule has 1 rings (SSSR count). The van der Waals surface area contributed by atoms with E-state index >= 15 is 0 Å². The molecule has 0 aromatic rings. The Hall–Kier alpha value is -1.31. The minimum atomic E-state index is 0.553. The van der Waals surface area contributed by atoms with E-state index in [-0.39, 0.29) is 0 Å². The Morgan fingerprint density at radius 1 is 1.36 bits per heavy atom. The van der Waals surface area contributed by atoms with Crippen LogP contribution in [0.1, 0.15) is 19.8 Å². The van der Waals surface area contributed by atoms with Gasteiger partial charge in [-0.25, -0.2) is 0 Å². The van der Waals surface area contributed by atoms with E-state index in [1.54, 1.807) is 7.11 Å². The molecule has 0 amide bonds. The molecule has 1 saturated carbocycles. The van der Waals surface area contributed by atoms with Gasteiger partial charge in [0.1, 0.15) is 7.11 Å². The van der Waals surface area contributed by atoms with Crippen molar-refractivity contribution in [2.45, 2.75) is 19.8 Å². The average Bonchev–Trinajstić information content (AvgIpc) is 2.93. The highest BCUT2D eigenvalue weighted by atomic mass is 16.6. The van der Waals surface area contributed by atoms with E-state index < -0.39 is 0 Å². The van der Waals surface area contributed by atoms with Crippen LogP contribution in [0.25, 0.3) is 0 Å². The second kappa shape index (κ2) is 4.80. The third-order valence-corrected chi connectivity index (χ3v) is 2.05. The third kappa shape index (κ3) is 3.21. The van der Waals surface area contributed by atoms with Gasteiger partial charge in [0, 0.05) is 5.92 Å². The molecule has 2 nitrogen and oxygen atoms in total. The molecular weight excluding hydrogens is 174 g/mol. The van der Waals surface area contributed by atoms with Crippen LogP contribution < -0.4 is 0 Å². The summed E-state index contributed by atoms with van der Waals surface area (Å²) in [5.41, 5.74) is 2.92. The quantitative estimate of drug-likeness (QED) is 0.372. The lowest BCUT2D eigenvalue weighted by Crippen LogP contribution is -2.03. The Balaban J connectivity index is 2.64. The van der Waals surface area contributed by atoms with Crippen molar-refractivity contribution in [2.24, 2.45) is 11.1 Å². The number of hydrogen-bond acceptors (Lipinski definition) is 2. The molecule has 0 aliphatic heterocycles. The molecule has 0 bridgehead atoms. The summed E-state index contributed by atoms with van der Waals surface area (Å²) in [5, 5.41) is 4.00. The minimum absolute atomic E-state index is 0.553. The van der Waals surface area contributed by atoms with Crippen LogP contribution in [0.5, 0.6) is 0 Å². The highest BCUT2D eigenvalue weighted by molar-refractivity contribution is 6.04. The molecule has 1 aliphatic rings. The molecule has 0 spiro atoms. The molecule has 0 heterocycles. The lowest BCUT2D eigenvalue weighted by Gasteiger charge is -2.02. The van der Waals surface area contributed by atoms with Crippen LogP contribution in [0.2, 0.25) is 0 Å². The zero-order valence-electron chi connectivity index (χ0n) is 8.92. The molecule has 0 aromatic heterocycles. The van der Waals surface area contributed by atoms with Crippen LogP contribution in [-0.2, 0) is 4.84 Å². The van der Waals surface area contributed by atoms with Gasteiger partial charge < -0.3 is 4.84 Å². The van der Waals surface area contributed by atoms with E-state index in [1.165, 1.54) is 12.8 Å². The summed E-state index contributed by atoms with van der Waals surface area (Å²) in [4.78, 5) is 4.80. The monoisotopic (exact) mass is 191 g/mol. The molecule has 0 saturated heterocycles. The van der Waals surface area contributed by atoms with Crippen molar-refractivity contribution in [1.82, 2.24) is 0 Å². The van der Waals surface area contributed by atoms with Gasteiger partial charge >= 0.3 is 0 Å². The second-order valence-corrected chi connectivity index (χ2v) is 3.64. The SMILES string of the molecule is C=C(C)/C=C\C(=C)/C(=N/OC)C1CC1. The molecule has 14 heavy (non-hydrogen) atoms. The predicted molar refractivity (Wildman–Crippen MR) is 60.3 cm³/mol. The maximum Gasteiger partial charge on any atom is 0.106 e. The lowest BCUT2D eigenvalue weighted by atomic mass is 10.1. The first-order valence-corrected chi connectivity index (χ1v) is 4.79. The fraction of sp³-hybridized carbons (Fsp3) is 0.417. The standard InChI is InChI=1S/C12H17NO/c1-9(2)5-6-10(3)12(13-14-4)11-7-8-11/h5-6,11H,1,3,7-8H2,2,4H3/b6-5-,13-12-. The molecular formula is C12H17NO. The van der Waals surface area contributed by atoms with Crippen LogP contribution in [0.15, 0.2) is 41.6 Å². The zero-order chi connectivity index (χ0) is 10.6. The number of allylic oxidation sites excluding steroid dienone is 4. The first-order valence-electron chi connectivity index (χ1n) is 4.79. The Morgan fingerprint density at radius 3 is 2.43 bits per heavy atom. The van der Waals surface area contributed by atoms with Gasteiger partial charge in [-0.15, -0.1) is 0 Å². The molecule has 0 radical (unpaired) electrons. The van der Waals surface area contributed by atoms with Gasteiger partial charge in [0.2, 0.25) is 0 Å². The maximum absolute atomic E-state index is 4.80. The summed E-state index contributed by atoms with van der Waals surface area (Å²) < 4.78 is 0. The van der Waals surface area contributed by atoms with Crippen molar-refractivity contribution in [3.05, 3.63) is 36.5 Å². The van der Waals surface area contributed by atoms with Crippen molar-refractivity contribution in [1.29, 1.82) is 0 Å². The smallest absolute Gasteiger partial charge is 0.106 e. The summed E-state index contributed by atoms with van der Waals surface area (Å²) >= 11 is 0.